The average Bonchev–Trinajstić information content (AvgIpc) is 3.28. The molecule has 1 aliphatic heterocycles. The number of ether oxygens (including phenoxy) is 1. The number of hydrogen-bond acceptors (Lipinski definition) is 10. The van der Waals surface area contributed by atoms with E-state index in [2.05, 4.69) is 43.7 Å². The molecule has 0 aromatic carbocycles. The molecule has 1 fully saturated rings. The number of halogens is 3. The molecule has 1 saturated heterocycles. The van der Waals surface area contributed by atoms with Gasteiger partial charge in [-0.2, -0.15) is 8.78 Å². The zero-order valence-electron chi connectivity index (χ0n) is 25.4. The summed E-state index contributed by atoms with van der Waals surface area (Å²) >= 11 is 1.02. The van der Waals surface area contributed by atoms with Crippen LogP contribution in [0.3, 0.4) is 0 Å². The largest absolute Gasteiger partial charge is 0.388 e. The van der Waals surface area contributed by atoms with Crippen LogP contribution in [0, 0.1) is 30.1 Å². The first-order chi connectivity index (χ1) is 21.1. The zero-order valence-corrected chi connectivity index (χ0v) is 27.6. The number of amides is 1. The number of carbonyl (C=O) groups is 1. The fraction of sp³-hybridized carbons (Fsp3) is 0.419. The topological polar surface area (TPSA) is 185 Å². The maximum absolute atomic E-state index is 13.5. The first kappa shape index (κ1) is 35.8. The average molecular weight is 735 g/mol. The number of carbonyl (C=O) groups excluding carboxylic acids is 1. The molecule has 1 aliphatic rings. The van der Waals surface area contributed by atoms with E-state index in [9.17, 15) is 18.7 Å². The molecule has 45 heavy (non-hydrogen) atoms. The molecular weight excluding hydrogens is 697 g/mol. The number of hydrogen-bond donors (Lipinski definition) is 5. The van der Waals surface area contributed by atoms with Gasteiger partial charge in [-0.25, -0.2) is 9.97 Å². The molecule has 2 aromatic rings. The normalized spacial score (nSPS) is 20.3. The van der Waals surface area contributed by atoms with Gasteiger partial charge in [-0.3, -0.25) is 20.2 Å². The predicted octanol–water partition coefficient (Wildman–Crippen LogP) is 3.88. The molecule has 0 bridgehead atoms. The van der Waals surface area contributed by atoms with Gasteiger partial charge in [-0.15, -0.1) is 0 Å². The Bertz CT molecular complexity index is 1520. The van der Waals surface area contributed by atoms with Crippen molar-refractivity contribution >= 4 is 51.9 Å². The Labute approximate surface area is 274 Å². The molecule has 11 nitrogen and oxygen atoms in total. The smallest absolute Gasteiger partial charge is 0.337 e. The number of anilines is 1. The van der Waals surface area contributed by atoms with Crippen molar-refractivity contribution in [3.8, 4) is 11.8 Å². The number of rotatable bonds is 11. The number of nitrogen functional groups attached to an aromatic ring is 1. The van der Waals surface area contributed by atoms with E-state index in [-0.39, 0.29) is 35.4 Å². The van der Waals surface area contributed by atoms with Crippen LogP contribution in [0.15, 0.2) is 47.1 Å². The van der Waals surface area contributed by atoms with Crippen LogP contribution in [0.2, 0.25) is 0 Å². The van der Waals surface area contributed by atoms with E-state index in [1.54, 1.807) is 6.92 Å². The number of pyridine rings is 1. The number of aliphatic imine (C=N–C) groups is 1. The first-order valence-electron chi connectivity index (χ1n) is 14.1. The minimum Gasteiger partial charge on any atom is -0.388 e. The summed E-state index contributed by atoms with van der Waals surface area (Å²) in [6.07, 6.45) is 2.86. The number of aryl methyl sites for hydroxylation is 1. The second-order valence-electron chi connectivity index (χ2n) is 10.8. The number of aromatic nitrogens is 3. The van der Waals surface area contributed by atoms with Gasteiger partial charge in [0, 0.05) is 60.5 Å². The number of likely N-dealkylation sites (N-methyl/N-ethyl adjacent to an activating group) is 1. The van der Waals surface area contributed by atoms with Gasteiger partial charge in [-0.05, 0) is 48.5 Å². The zero-order chi connectivity index (χ0) is 33.5. The van der Waals surface area contributed by atoms with E-state index in [4.69, 9.17) is 21.6 Å². The summed E-state index contributed by atoms with van der Waals surface area (Å²) in [6, 6.07) is 1.81. The molecule has 0 aliphatic carbocycles. The summed E-state index contributed by atoms with van der Waals surface area (Å²) in [6.45, 7) is 9.71. The second-order valence-corrected chi connectivity index (χ2v) is 12.2. The highest BCUT2D eigenvalue weighted by atomic mass is 127. The number of allylic oxidation sites excluding steroid dienone is 2. The Morgan fingerprint density at radius 1 is 1.36 bits per heavy atom. The van der Waals surface area contributed by atoms with Gasteiger partial charge in [0.15, 0.2) is 11.9 Å². The van der Waals surface area contributed by atoms with E-state index < -0.39 is 34.2 Å². The lowest BCUT2D eigenvalue weighted by Crippen LogP contribution is -2.47. The van der Waals surface area contributed by atoms with Crippen LogP contribution < -0.4 is 16.8 Å². The van der Waals surface area contributed by atoms with Gasteiger partial charge < -0.3 is 26.6 Å². The Balaban J connectivity index is 1.67. The molecule has 0 spiro atoms. The summed E-state index contributed by atoms with van der Waals surface area (Å²) in [5, 5.41) is 21.5. The number of aliphatic hydroxyl groups excluding tert-OH is 1. The highest BCUT2D eigenvalue weighted by molar-refractivity contribution is 14.1. The van der Waals surface area contributed by atoms with Crippen LogP contribution in [0.5, 0.6) is 0 Å². The maximum atomic E-state index is 13.5. The van der Waals surface area contributed by atoms with Gasteiger partial charge in [0.1, 0.15) is 23.6 Å². The van der Waals surface area contributed by atoms with Crippen molar-refractivity contribution in [2.45, 2.75) is 68.3 Å². The maximum Gasteiger partial charge on any atom is 0.337 e. The van der Waals surface area contributed by atoms with Crippen LogP contribution in [0.4, 0.5) is 20.3 Å². The molecule has 3 rings (SSSR count). The van der Waals surface area contributed by atoms with Gasteiger partial charge >= 0.3 is 3.93 Å². The molecule has 0 radical (unpaired) electrons. The molecule has 7 N–H and O–H groups in total. The van der Waals surface area contributed by atoms with Crippen LogP contribution >= 0.6 is 22.6 Å². The monoisotopic (exact) mass is 734 g/mol. The van der Waals surface area contributed by atoms with E-state index in [0.29, 0.717) is 35.4 Å². The Hall–Kier alpha value is -3.65. The number of aliphatic hydroxyl groups is 1. The van der Waals surface area contributed by atoms with Gasteiger partial charge in [-0.1, -0.05) is 32.4 Å². The van der Waals surface area contributed by atoms with Gasteiger partial charge in [0.25, 0.3) is 5.91 Å². The second kappa shape index (κ2) is 15.6. The lowest BCUT2D eigenvalue weighted by Gasteiger charge is -2.16. The number of alkyl halides is 3. The molecule has 1 amide bonds. The highest BCUT2D eigenvalue weighted by Crippen LogP contribution is 2.34. The molecule has 14 heteroatoms. The Kier molecular flexibility index (Phi) is 12.4. The van der Waals surface area contributed by atoms with Crippen LogP contribution in [0.1, 0.15) is 55.9 Å². The quantitative estimate of drug-likeness (QED) is 0.0757. The summed E-state index contributed by atoms with van der Waals surface area (Å²) in [5.74, 6) is 6.02. The number of nitrogens with two attached hydrogens (primary N) is 2. The molecular formula is C31H37F2IN8O3. The van der Waals surface area contributed by atoms with Gasteiger partial charge in [0.05, 0.1) is 17.4 Å². The summed E-state index contributed by atoms with van der Waals surface area (Å²) in [5.41, 5.74) is 14.4. The number of nitrogens with one attached hydrogen (secondary N) is 2. The van der Waals surface area contributed by atoms with E-state index in [1.165, 1.54) is 31.6 Å². The summed E-state index contributed by atoms with van der Waals surface area (Å²) < 4.78 is 29.6. The van der Waals surface area contributed by atoms with E-state index in [0.717, 1.165) is 28.2 Å². The van der Waals surface area contributed by atoms with Crippen molar-refractivity contribution in [1.82, 2.24) is 20.3 Å². The standard InChI is InChI=1S/C31H37F2IN8O3/c1-16(2)14-19(23(35)20-10-11-21(40-15-20)31(32,33)34)8-6-7-9-22-41-18(4)25(29(37)42-22)39-13-12-17(3)27-26(43)24(36)28(45-27)30(44)38-5/h8,10-11,13,15-16,24,26-28,35,43H,3,6,12,14,36H2,1-2,4-5H3,(H,38,44)(H2,37,41,42)/b19-8-,35-23?,39-13?/t24-,26+,27-,28-/m0/s1. The Morgan fingerprint density at radius 3 is 2.64 bits per heavy atom. The minimum atomic E-state index is -3.09. The van der Waals surface area contributed by atoms with Crippen molar-refractivity contribution in [3.05, 3.63) is 64.9 Å². The minimum absolute atomic E-state index is 0.123. The third kappa shape index (κ3) is 9.42. The SMILES string of the molecule is C=C(CC=Nc1c(C)nc(C#CC/C=C(/CC(C)C)C(=N)c2ccc(C(F)(F)I)nc2)nc1N)[C@@H]1O[C@H](C(=O)NC)[C@@H](N)[C@H]1O. The molecule has 4 atom stereocenters. The number of nitrogens with zero attached hydrogens (tertiary/aromatic N) is 4. The van der Waals surface area contributed by atoms with Crippen molar-refractivity contribution in [3.63, 3.8) is 0 Å². The molecule has 3 heterocycles. The van der Waals surface area contributed by atoms with Crippen LogP contribution in [-0.2, 0) is 13.5 Å². The van der Waals surface area contributed by atoms with Crippen molar-refractivity contribution in [2.24, 2.45) is 16.6 Å². The lowest BCUT2D eigenvalue weighted by molar-refractivity contribution is -0.131. The molecule has 0 saturated carbocycles. The van der Waals surface area contributed by atoms with Crippen LogP contribution in [0.25, 0.3) is 0 Å². The molecule has 240 valence electrons. The summed E-state index contributed by atoms with van der Waals surface area (Å²) in [7, 11) is 1.46. The fourth-order valence-corrected chi connectivity index (χ4v) is 4.85. The highest BCUT2D eigenvalue weighted by Gasteiger charge is 2.45. The Morgan fingerprint density at radius 2 is 2.07 bits per heavy atom. The third-order valence-electron chi connectivity index (χ3n) is 6.86. The predicted molar refractivity (Wildman–Crippen MR) is 178 cm³/mol. The van der Waals surface area contributed by atoms with Crippen molar-refractivity contribution in [2.75, 3.05) is 12.8 Å². The molecule has 0 unspecified atom stereocenters. The first-order valence-corrected chi connectivity index (χ1v) is 15.2. The van der Waals surface area contributed by atoms with Crippen molar-refractivity contribution in [1.29, 1.82) is 5.41 Å². The van der Waals surface area contributed by atoms with Crippen molar-refractivity contribution < 1.29 is 23.4 Å². The van der Waals surface area contributed by atoms with Crippen LogP contribution in [-0.4, -0.2) is 69.3 Å². The van der Waals surface area contributed by atoms with E-state index >= 15 is 0 Å². The van der Waals surface area contributed by atoms with E-state index in [1.807, 2.05) is 19.9 Å². The van der Waals surface area contributed by atoms with Gasteiger partial charge in [0.2, 0.25) is 5.82 Å². The lowest BCUT2D eigenvalue weighted by atomic mass is 9.94. The summed E-state index contributed by atoms with van der Waals surface area (Å²) in [4.78, 5) is 28.8. The fourth-order valence-electron chi connectivity index (χ4n) is 4.53. The third-order valence-corrected chi connectivity index (χ3v) is 7.41. The molecule has 2 aromatic heterocycles.